The fourth-order valence-corrected chi connectivity index (χ4v) is 2.63. The number of hydrogen-bond acceptors (Lipinski definition) is 5. The van der Waals surface area contributed by atoms with Gasteiger partial charge in [-0.3, -0.25) is 4.79 Å². The third kappa shape index (κ3) is 2.91. The van der Waals surface area contributed by atoms with Gasteiger partial charge in [0.2, 0.25) is 5.13 Å². The molecule has 1 aliphatic heterocycles. The fourth-order valence-electron chi connectivity index (χ4n) is 2.05. The molecule has 0 saturated carbocycles. The van der Waals surface area contributed by atoms with E-state index < -0.39 is 5.97 Å². The molecule has 0 atom stereocenters. The van der Waals surface area contributed by atoms with E-state index in [4.69, 9.17) is 5.11 Å². The molecule has 1 N–H and O–H groups in total. The average molecular weight is 241 g/mol. The zero-order chi connectivity index (χ0) is 11.4. The number of carboxylic acids is 1. The van der Waals surface area contributed by atoms with Crippen LogP contribution in [-0.2, 0) is 4.79 Å². The van der Waals surface area contributed by atoms with Gasteiger partial charge in [-0.1, -0.05) is 0 Å². The zero-order valence-electron chi connectivity index (χ0n) is 9.00. The summed E-state index contributed by atoms with van der Waals surface area (Å²) in [6.45, 7) is 1.94. The molecule has 5 nitrogen and oxygen atoms in total. The first kappa shape index (κ1) is 11.3. The third-order valence-corrected chi connectivity index (χ3v) is 3.73. The average Bonchev–Trinajstić information content (AvgIpc) is 2.80. The first-order chi connectivity index (χ1) is 7.75. The maximum Gasteiger partial charge on any atom is 0.303 e. The number of hydrogen-bond donors (Lipinski definition) is 1. The molecule has 1 aromatic rings. The topological polar surface area (TPSA) is 66.3 Å². The number of nitrogens with zero attached hydrogens (tertiary/aromatic N) is 3. The number of rotatable bonds is 4. The van der Waals surface area contributed by atoms with E-state index in [1.54, 1.807) is 6.33 Å². The molecule has 0 aliphatic carbocycles. The molecular weight excluding hydrogens is 226 g/mol. The van der Waals surface area contributed by atoms with Crippen molar-refractivity contribution in [3.05, 3.63) is 6.33 Å². The third-order valence-electron chi connectivity index (χ3n) is 3.00. The normalized spacial score (nSPS) is 17.6. The first-order valence-corrected chi connectivity index (χ1v) is 6.26. The lowest BCUT2D eigenvalue weighted by atomic mass is 9.92. The van der Waals surface area contributed by atoms with Crippen LogP contribution in [0.3, 0.4) is 0 Å². The summed E-state index contributed by atoms with van der Waals surface area (Å²) in [5.74, 6) is -0.133. The molecule has 2 rings (SSSR count). The van der Waals surface area contributed by atoms with Gasteiger partial charge in [0.25, 0.3) is 0 Å². The molecular formula is C10H15N3O2S. The Kier molecular flexibility index (Phi) is 3.71. The quantitative estimate of drug-likeness (QED) is 0.867. The maximum absolute atomic E-state index is 10.5. The van der Waals surface area contributed by atoms with Crippen LogP contribution in [-0.4, -0.2) is 33.5 Å². The highest BCUT2D eigenvalue weighted by molar-refractivity contribution is 7.09. The summed E-state index contributed by atoms with van der Waals surface area (Å²) in [5.41, 5.74) is 0. The molecule has 6 heteroatoms. The first-order valence-electron chi connectivity index (χ1n) is 5.49. The maximum atomic E-state index is 10.5. The van der Waals surface area contributed by atoms with Crippen LogP contribution in [0.4, 0.5) is 5.13 Å². The minimum absolute atomic E-state index is 0.295. The van der Waals surface area contributed by atoms with Gasteiger partial charge in [0, 0.05) is 31.0 Å². The van der Waals surface area contributed by atoms with Gasteiger partial charge in [0.1, 0.15) is 6.33 Å². The monoisotopic (exact) mass is 241 g/mol. The van der Waals surface area contributed by atoms with Crippen molar-refractivity contribution in [2.24, 2.45) is 5.92 Å². The second kappa shape index (κ2) is 5.25. The summed E-state index contributed by atoms with van der Waals surface area (Å²) in [6.07, 6.45) is 4.80. The Morgan fingerprint density at radius 3 is 2.88 bits per heavy atom. The van der Waals surface area contributed by atoms with Crippen molar-refractivity contribution in [3.8, 4) is 0 Å². The van der Waals surface area contributed by atoms with Gasteiger partial charge in [-0.05, 0) is 25.2 Å². The van der Waals surface area contributed by atoms with Crippen molar-refractivity contribution >= 4 is 22.6 Å². The minimum atomic E-state index is -0.688. The van der Waals surface area contributed by atoms with E-state index in [0.29, 0.717) is 12.3 Å². The van der Waals surface area contributed by atoms with Crippen molar-refractivity contribution in [1.82, 2.24) is 9.36 Å². The predicted molar refractivity (Wildman–Crippen MR) is 61.7 cm³/mol. The molecule has 2 heterocycles. The van der Waals surface area contributed by atoms with E-state index in [1.807, 2.05) is 0 Å². The number of carbonyl (C=O) groups is 1. The highest BCUT2D eigenvalue weighted by Crippen LogP contribution is 2.26. The summed E-state index contributed by atoms with van der Waals surface area (Å²) in [4.78, 5) is 16.9. The summed E-state index contributed by atoms with van der Waals surface area (Å²) >= 11 is 1.42. The molecule has 16 heavy (non-hydrogen) atoms. The van der Waals surface area contributed by atoms with E-state index in [0.717, 1.165) is 37.5 Å². The van der Waals surface area contributed by atoms with Crippen LogP contribution in [0.2, 0.25) is 0 Å². The number of anilines is 1. The van der Waals surface area contributed by atoms with Crippen molar-refractivity contribution in [2.75, 3.05) is 18.0 Å². The number of carboxylic acid groups (broad SMARTS) is 1. The van der Waals surface area contributed by atoms with Crippen LogP contribution in [0.1, 0.15) is 25.7 Å². The van der Waals surface area contributed by atoms with Crippen molar-refractivity contribution in [1.29, 1.82) is 0 Å². The Labute approximate surface area is 98.3 Å². The molecule has 1 saturated heterocycles. The molecule has 0 aromatic carbocycles. The van der Waals surface area contributed by atoms with Crippen molar-refractivity contribution in [3.63, 3.8) is 0 Å². The van der Waals surface area contributed by atoms with Crippen LogP contribution in [0, 0.1) is 5.92 Å². The molecule has 0 unspecified atom stereocenters. The summed E-state index contributed by atoms with van der Waals surface area (Å²) in [6, 6.07) is 0. The Balaban J connectivity index is 1.76. The lowest BCUT2D eigenvalue weighted by Crippen LogP contribution is -2.33. The second-order valence-electron chi connectivity index (χ2n) is 4.09. The van der Waals surface area contributed by atoms with E-state index in [1.165, 1.54) is 11.5 Å². The number of aromatic nitrogens is 2. The summed E-state index contributed by atoms with van der Waals surface area (Å²) in [7, 11) is 0. The van der Waals surface area contributed by atoms with E-state index in [9.17, 15) is 4.79 Å². The van der Waals surface area contributed by atoms with Gasteiger partial charge >= 0.3 is 5.97 Å². The Morgan fingerprint density at radius 2 is 2.31 bits per heavy atom. The molecule has 0 amide bonds. The van der Waals surface area contributed by atoms with Gasteiger partial charge in [-0.25, -0.2) is 4.98 Å². The van der Waals surface area contributed by atoms with Gasteiger partial charge in [-0.15, -0.1) is 0 Å². The standard InChI is InChI=1S/C10H15N3O2S/c14-9(15)2-1-8-3-5-13(6-4-8)10-11-7-12-16-10/h7-8H,1-6H2,(H,14,15). The van der Waals surface area contributed by atoms with E-state index in [-0.39, 0.29) is 0 Å². The Morgan fingerprint density at radius 1 is 1.56 bits per heavy atom. The van der Waals surface area contributed by atoms with Crippen LogP contribution in [0.15, 0.2) is 6.33 Å². The van der Waals surface area contributed by atoms with Crippen molar-refractivity contribution < 1.29 is 9.90 Å². The van der Waals surface area contributed by atoms with Gasteiger partial charge < -0.3 is 10.0 Å². The lowest BCUT2D eigenvalue weighted by molar-refractivity contribution is -0.137. The van der Waals surface area contributed by atoms with Crippen LogP contribution in [0.5, 0.6) is 0 Å². The van der Waals surface area contributed by atoms with Crippen molar-refractivity contribution in [2.45, 2.75) is 25.7 Å². The number of piperidine rings is 1. The number of aliphatic carboxylic acids is 1. The van der Waals surface area contributed by atoms with Crippen LogP contribution >= 0.6 is 11.5 Å². The Bertz CT molecular complexity index is 334. The zero-order valence-corrected chi connectivity index (χ0v) is 9.82. The van der Waals surface area contributed by atoms with Gasteiger partial charge in [-0.2, -0.15) is 4.37 Å². The lowest BCUT2D eigenvalue weighted by Gasteiger charge is -2.31. The van der Waals surface area contributed by atoms with Crippen LogP contribution in [0.25, 0.3) is 0 Å². The molecule has 1 fully saturated rings. The van der Waals surface area contributed by atoms with E-state index >= 15 is 0 Å². The Hall–Kier alpha value is -1.17. The largest absolute Gasteiger partial charge is 0.481 e. The fraction of sp³-hybridized carbons (Fsp3) is 0.700. The SMILES string of the molecule is O=C(O)CCC1CCN(c2ncns2)CC1. The van der Waals surface area contributed by atoms with Crippen LogP contribution < -0.4 is 4.90 Å². The highest BCUT2D eigenvalue weighted by Gasteiger charge is 2.21. The molecule has 0 bridgehead atoms. The highest BCUT2D eigenvalue weighted by atomic mass is 32.1. The summed E-state index contributed by atoms with van der Waals surface area (Å²) in [5, 5.41) is 9.60. The van der Waals surface area contributed by atoms with E-state index in [2.05, 4.69) is 14.3 Å². The second-order valence-corrected chi connectivity index (χ2v) is 4.85. The molecule has 0 spiro atoms. The molecule has 1 aliphatic rings. The van der Waals surface area contributed by atoms with Gasteiger partial charge in [0.15, 0.2) is 0 Å². The molecule has 88 valence electrons. The molecule has 1 aromatic heterocycles. The minimum Gasteiger partial charge on any atom is -0.481 e. The predicted octanol–water partition coefficient (Wildman–Crippen LogP) is 1.62. The molecule has 0 radical (unpaired) electrons. The van der Waals surface area contributed by atoms with Gasteiger partial charge in [0.05, 0.1) is 0 Å². The smallest absolute Gasteiger partial charge is 0.303 e. The summed E-state index contributed by atoms with van der Waals surface area (Å²) < 4.78 is 3.99.